The van der Waals surface area contributed by atoms with Crippen molar-refractivity contribution in [3.05, 3.63) is 35.4 Å². The number of nitrogens with one attached hydrogen (secondary N) is 1. The summed E-state index contributed by atoms with van der Waals surface area (Å²) in [5, 5.41) is -0.211. The van der Waals surface area contributed by atoms with Gasteiger partial charge in [0, 0.05) is 12.4 Å². The predicted molar refractivity (Wildman–Crippen MR) is 78.6 cm³/mol. The van der Waals surface area contributed by atoms with Crippen molar-refractivity contribution in [2.75, 3.05) is 0 Å². The molecule has 1 fully saturated rings. The fourth-order valence-corrected chi connectivity index (χ4v) is 4.22. The van der Waals surface area contributed by atoms with Gasteiger partial charge in [-0.1, -0.05) is 43.5 Å². The third-order valence-electron chi connectivity index (χ3n) is 3.61. The van der Waals surface area contributed by atoms with Gasteiger partial charge in [-0.3, -0.25) is 0 Å². The summed E-state index contributed by atoms with van der Waals surface area (Å²) in [7, 11) is -3.18. The second kappa shape index (κ2) is 6.73. The molecule has 0 bridgehead atoms. The Morgan fingerprint density at radius 3 is 2.53 bits per heavy atom. The van der Waals surface area contributed by atoms with Gasteiger partial charge < -0.3 is 0 Å². The molecule has 5 heteroatoms. The zero-order chi connectivity index (χ0) is 13.7. The molecule has 106 valence electrons. The third kappa shape index (κ3) is 4.20. The van der Waals surface area contributed by atoms with Crippen LogP contribution in [0.2, 0.25) is 0 Å². The van der Waals surface area contributed by atoms with E-state index >= 15 is 0 Å². The van der Waals surface area contributed by atoms with Crippen molar-refractivity contribution in [1.29, 1.82) is 0 Å². The van der Waals surface area contributed by atoms with Crippen molar-refractivity contribution in [1.82, 2.24) is 4.72 Å². The molecule has 0 amide bonds. The van der Waals surface area contributed by atoms with Crippen LogP contribution in [0.5, 0.6) is 0 Å². The van der Waals surface area contributed by atoms with Gasteiger partial charge in [-0.25, -0.2) is 13.1 Å². The molecule has 0 atom stereocenters. The summed E-state index contributed by atoms with van der Waals surface area (Å²) in [5.41, 5.74) is 1.97. The summed E-state index contributed by atoms with van der Waals surface area (Å²) in [6.45, 7) is 0.351. The Labute approximate surface area is 120 Å². The van der Waals surface area contributed by atoms with Crippen molar-refractivity contribution < 1.29 is 8.42 Å². The highest BCUT2D eigenvalue weighted by atomic mass is 35.5. The molecular weight excluding hydrogens is 282 g/mol. The highest BCUT2D eigenvalue weighted by Gasteiger charge is 2.26. The third-order valence-corrected chi connectivity index (χ3v) is 5.82. The van der Waals surface area contributed by atoms with E-state index in [1.807, 2.05) is 24.3 Å². The summed E-state index contributed by atoms with van der Waals surface area (Å²) < 4.78 is 27.1. The number of rotatable bonds is 5. The first-order valence-corrected chi connectivity index (χ1v) is 8.82. The Bertz CT molecular complexity index is 510. The van der Waals surface area contributed by atoms with Crippen molar-refractivity contribution in [2.45, 2.75) is 49.8 Å². The molecule has 0 radical (unpaired) electrons. The monoisotopic (exact) mass is 301 g/mol. The van der Waals surface area contributed by atoms with Crippen LogP contribution in [0.1, 0.15) is 43.2 Å². The van der Waals surface area contributed by atoms with Gasteiger partial charge in [-0.15, -0.1) is 11.6 Å². The number of sulfonamides is 1. The topological polar surface area (TPSA) is 46.2 Å². The highest BCUT2D eigenvalue weighted by Crippen LogP contribution is 2.23. The summed E-state index contributed by atoms with van der Waals surface area (Å²) in [5.74, 6) is 0.448. The van der Waals surface area contributed by atoms with Crippen LogP contribution in [0.25, 0.3) is 0 Å². The molecule has 3 nitrogen and oxygen atoms in total. The van der Waals surface area contributed by atoms with Crippen LogP contribution in [0, 0.1) is 0 Å². The molecule has 1 N–H and O–H groups in total. The standard InChI is InChI=1S/C14H20ClNO2S/c15-10-12-5-4-6-13(9-12)11-16-19(17,18)14-7-2-1-3-8-14/h4-6,9,14,16H,1-3,7-8,10-11H2. The van der Waals surface area contributed by atoms with E-state index in [-0.39, 0.29) is 5.25 Å². The Morgan fingerprint density at radius 1 is 1.16 bits per heavy atom. The Kier molecular flexibility index (Phi) is 5.25. The molecule has 0 heterocycles. The van der Waals surface area contributed by atoms with Gasteiger partial charge in [0.05, 0.1) is 5.25 Å². The molecule has 1 aliphatic carbocycles. The minimum Gasteiger partial charge on any atom is -0.212 e. The van der Waals surface area contributed by atoms with Gasteiger partial charge in [-0.05, 0) is 24.0 Å². The van der Waals surface area contributed by atoms with Gasteiger partial charge in [0.1, 0.15) is 0 Å². The van der Waals surface area contributed by atoms with E-state index < -0.39 is 10.0 Å². The molecule has 0 saturated heterocycles. The SMILES string of the molecule is O=S(=O)(NCc1cccc(CCl)c1)C1CCCCC1. The first-order chi connectivity index (χ1) is 9.12. The van der Waals surface area contributed by atoms with Crippen molar-refractivity contribution in [2.24, 2.45) is 0 Å². The maximum atomic E-state index is 12.2. The van der Waals surface area contributed by atoms with Crippen molar-refractivity contribution in [3.63, 3.8) is 0 Å². The average Bonchev–Trinajstić information content (AvgIpc) is 2.46. The maximum Gasteiger partial charge on any atom is 0.214 e. The van der Waals surface area contributed by atoms with Gasteiger partial charge in [0.2, 0.25) is 10.0 Å². The minimum atomic E-state index is -3.18. The molecule has 1 aromatic rings. The zero-order valence-electron chi connectivity index (χ0n) is 10.9. The van der Waals surface area contributed by atoms with E-state index in [1.165, 1.54) is 0 Å². The summed E-state index contributed by atoms with van der Waals surface area (Å²) in [6, 6.07) is 7.70. The van der Waals surface area contributed by atoms with Gasteiger partial charge in [0.25, 0.3) is 0 Å². The van der Waals surface area contributed by atoms with Gasteiger partial charge >= 0.3 is 0 Å². The molecule has 2 rings (SSSR count). The molecule has 1 aromatic carbocycles. The van der Waals surface area contributed by atoms with E-state index in [9.17, 15) is 8.42 Å². The number of hydrogen-bond acceptors (Lipinski definition) is 2. The van der Waals surface area contributed by atoms with Crippen LogP contribution >= 0.6 is 11.6 Å². The Morgan fingerprint density at radius 2 is 1.84 bits per heavy atom. The average molecular weight is 302 g/mol. The lowest BCUT2D eigenvalue weighted by atomic mass is 10.0. The quantitative estimate of drug-likeness (QED) is 0.849. The summed E-state index contributed by atoms with van der Waals surface area (Å²) in [4.78, 5) is 0. The molecule has 1 aliphatic rings. The van der Waals surface area contributed by atoms with E-state index in [0.717, 1.165) is 43.2 Å². The smallest absolute Gasteiger partial charge is 0.212 e. The van der Waals surface area contributed by atoms with Crippen LogP contribution in [0.15, 0.2) is 24.3 Å². The van der Waals surface area contributed by atoms with Crippen LogP contribution < -0.4 is 4.72 Å². The van der Waals surface area contributed by atoms with Gasteiger partial charge in [0.15, 0.2) is 0 Å². The molecule has 0 spiro atoms. The molecule has 19 heavy (non-hydrogen) atoms. The number of halogens is 1. The fraction of sp³-hybridized carbons (Fsp3) is 0.571. The second-order valence-corrected chi connectivity index (χ2v) is 7.39. The van der Waals surface area contributed by atoms with Crippen LogP contribution in [-0.2, 0) is 22.4 Å². The largest absolute Gasteiger partial charge is 0.214 e. The van der Waals surface area contributed by atoms with E-state index in [1.54, 1.807) is 0 Å². The van der Waals surface area contributed by atoms with E-state index in [4.69, 9.17) is 11.6 Å². The highest BCUT2D eigenvalue weighted by molar-refractivity contribution is 7.90. The van der Waals surface area contributed by atoms with Crippen molar-refractivity contribution >= 4 is 21.6 Å². The van der Waals surface area contributed by atoms with Crippen LogP contribution in [0.4, 0.5) is 0 Å². The second-order valence-electron chi connectivity index (χ2n) is 5.08. The van der Waals surface area contributed by atoms with Crippen LogP contribution in [0.3, 0.4) is 0 Å². The predicted octanol–water partition coefficient (Wildman–Crippen LogP) is 3.18. The number of hydrogen-bond donors (Lipinski definition) is 1. The Balaban J connectivity index is 1.96. The summed E-state index contributed by atoms with van der Waals surface area (Å²) >= 11 is 5.77. The molecule has 0 aromatic heterocycles. The Hall–Kier alpha value is -0.580. The first-order valence-electron chi connectivity index (χ1n) is 6.74. The lowest BCUT2D eigenvalue weighted by molar-refractivity contribution is 0.477. The molecule has 1 saturated carbocycles. The molecular formula is C14H20ClNO2S. The minimum absolute atomic E-state index is 0.211. The molecule has 0 unspecified atom stereocenters. The molecule has 0 aliphatic heterocycles. The summed E-state index contributed by atoms with van der Waals surface area (Å²) in [6.07, 6.45) is 4.78. The maximum absolute atomic E-state index is 12.2. The van der Waals surface area contributed by atoms with E-state index in [2.05, 4.69) is 4.72 Å². The lowest BCUT2D eigenvalue weighted by Crippen LogP contribution is -2.35. The zero-order valence-corrected chi connectivity index (χ0v) is 12.5. The van der Waals surface area contributed by atoms with Crippen molar-refractivity contribution in [3.8, 4) is 0 Å². The number of alkyl halides is 1. The van der Waals surface area contributed by atoms with Gasteiger partial charge in [-0.2, -0.15) is 0 Å². The van der Waals surface area contributed by atoms with E-state index in [0.29, 0.717) is 12.4 Å². The first kappa shape index (κ1) is 14.8. The lowest BCUT2D eigenvalue weighted by Gasteiger charge is -2.22. The number of benzene rings is 1. The van der Waals surface area contributed by atoms with Crippen LogP contribution in [-0.4, -0.2) is 13.7 Å². The fourth-order valence-electron chi connectivity index (χ4n) is 2.50. The normalized spacial score (nSPS) is 17.5.